The molecule has 3 N–H and O–H groups in total. The minimum atomic E-state index is -3.64. The molecule has 2 aromatic rings. The zero-order chi connectivity index (χ0) is 14.0. The molecule has 100 valence electrons. The molecule has 1 aromatic heterocycles. The van der Waals surface area contributed by atoms with Crippen LogP contribution in [0.3, 0.4) is 0 Å². The van der Waals surface area contributed by atoms with Gasteiger partial charge in [-0.25, -0.2) is 13.4 Å². The lowest BCUT2D eigenvalue weighted by molar-refractivity contribution is 0.601. The number of nitrogens with two attached hydrogens (primary N) is 1. The second-order valence-corrected chi connectivity index (χ2v) is 5.95. The van der Waals surface area contributed by atoms with E-state index in [9.17, 15) is 8.42 Å². The predicted octanol–water partition coefficient (Wildman–Crippen LogP) is 2.08. The topological polar surface area (TPSA) is 85.1 Å². The van der Waals surface area contributed by atoms with Gasteiger partial charge < -0.3 is 5.73 Å². The van der Waals surface area contributed by atoms with Gasteiger partial charge in [0, 0.05) is 6.20 Å². The molecule has 0 aliphatic rings. The van der Waals surface area contributed by atoms with E-state index in [0.29, 0.717) is 5.69 Å². The lowest BCUT2D eigenvalue weighted by Gasteiger charge is -2.11. The van der Waals surface area contributed by atoms with Crippen molar-refractivity contribution in [2.45, 2.75) is 18.7 Å². The first-order chi connectivity index (χ1) is 8.90. The largest absolute Gasteiger partial charge is 0.384 e. The molecule has 19 heavy (non-hydrogen) atoms. The summed E-state index contributed by atoms with van der Waals surface area (Å²) >= 11 is 0. The number of rotatable bonds is 3. The van der Waals surface area contributed by atoms with Crippen molar-refractivity contribution in [3.8, 4) is 0 Å². The van der Waals surface area contributed by atoms with Crippen LogP contribution in [-0.4, -0.2) is 13.4 Å². The second kappa shape index (κ2) is 4.89. The van der Waals surface area contributed by atoms with Crippen LogP contribution < -0.4 is 10.5 Å². The number of hydrogen-bond acceptors (Lipinski definition) is 4. The van der Waals surface area contributed by atoms with Crippen LogP contribution in [0.2, 0.25) is 0 Å². The average molecular weight is 277 g/mol. The van der Waals surface area contributed by atoms with Crippen LogP contribution in [0.15, 0.2) is 41.4 Å². The Morgan fingerprint density at radius 2 is 1.89 bits per heavy atom. The van der Waals surface area contributed by atoms with E-state index in [1.807, 2.05) is 19.9 Å². The molecule has 0 spiro atoms. The van der Waals surface area contributed by atoms with Crippen molar-refractivity contribution in [2.24, 2.45) is 0 Å². The zero-order valence-corrected chi connectivity index (χ0v) is 11.5. The molecule has 0 amide bonds. The lowest BCUT2D eigenvalue weighted by Crippen LogP contribution is -2.14. The van der Waals surface area contributed by atoms with E-state index < -0.39 is 10.0 Å². The van der Waals surface area contributed by atoms with Gasteiger partial charge in [-0.05, 0) is 43.2 Å². The van der Waals surface area contributed by atoms with Gasteiger partial charge in [0.2, 0.25) is 0 Å². The van der Waals surface area contributed by atoms with Crippen LogP contribution in [-0.2, 0) is 10.0 Å². The minimum Gasteiger partial charge on any atom is -0.384 e. The van der Waals surface area contributed by atoms with Crippen molar-refractivity contribution in [3.05, 3.63) is 47.7 Å². The fraction of sp³-hybridized carbons (Fsp3) is 0.154. The fourth-order valence-electron chi connectivity index (χ4n) is 1.62. The molecule has 0 saturated carbocycles. The van der Waals surface area contributed by atoms with Crippen molar-refractivity contribution in [1.82, 2.24) is 4.98 Å². The maximum atomic E-state index is 12.2. The highest BCUT2D eigenvalue weighted by molar-refractivity contribution is 7.92. The number of benzene rings is 1. The number of nitrogens with zero attached hydrogens (tertiary/aromatic N) is 1. The van der Waals surface area contributed by atoms with E-state index in [0.717, 1.165) is 11.1 Å². The first kappa shape index (κ1) is 13.4. The van der Waals surface area contributed by atoms with E-state index in [4.69, 9.17) is 5.73 Å². The number of nitrogen functional groups attached to an aromatic ring is 1. The van der Waals surface area contributed by atoms with Gasteiger partial charge in [0.05, 0.1) is 5.69 Å². The van der Waals surface area contributed by atoms with Gasteiger partial charge in [0.15, 0.2) is 0 Å². The molecule has 1 heterocycles. The Kier molecular flexibility index (Phi) is 3.44. The Labute approximate surface area is 112 Å². The standard InChI is InChI=1S/C13H15N3O2S/c1-9-4-3-5-12(10(9)2)16-19(17,18)11-6-7-13(14)15-8-11/h3-8,16H,1-2H3,(H2,14,15). The molecule has 6 heteroatoms. The maximum Gasteiger partial charge on any atom is 0.263 e. The third kappa shape index (κ3) is 2.85. The molecule has 2 rings (SSSR count). The molecule has 0 fully saturated rings. The number of pyridine rings is 1. The van der Waals surface area contributed by atoms with Crippen LogP contribution in [0, 0.1) is 13.8 Å². The Hall–Kier alpha value is -2.08. The van der Waals surface area contributed by atoms with E-state index in [-0.39, 0.29) is 10.7 Å². The highest BCUT2D eigenvalue weighted by Gasteiger charge is 2.15. The molecule has 0 atom stereocenters. The Morgan fingerprint density at radius 3 is 2.53 bits per heavy atom. The normalized spacial score (nSPS) is 11.3. The number of hydrogen-bond donors (Lipinski definition) is 2. The van der Waals surface area contributed by atoms with Gasteiger partial charge in [-0.1, -0.05) is 12.1 Å². The third-order valence-corrected chi connectivity index (χ3v) is 4.27. The molecule has 0 aliphatic heterocycles. The zero-order valence-electron chi connectivity index (χ0n) is 10.7. The molecular formula is C13H15N3O2S. The second-order valence-electron chi connectivity index (χ2n) is 4.27. The van der Waals surface area contributed by atoms with Gasteiger partial charge in [0.25, 0.3) is 10.0 Å². The molecule has 0 unspecified atom stereocenters. The van der Waals surface area contributed by atoms with Crippen molar-refractivity contribution in [1.29, 1.82) is 0 Å². The average Bonchev–Trinajstić information content (AvgIpc) is 2.35. The van der Waals surface area contributed by atoms with Crippen LogP contribution in [0.4, 0.5) is 11.5 Å². The molecule has 1 aromatic carbocycles. The fourth-order valence-corrected chi connectivity index (χ4v) is 2.68. The molecule has 0 radical (unpaired) electrons. The van der Waals surface area contributed by atoms with Crippen molar-refractivity contribution >= 4 is 21.5 Å². The molecular weight excluding hydrogens is 262 g/mol. The molecule has 0 saturated heterocycles. The summed E-state index contributed by atoms with van der Waals surface area (Å²) in [6.07, 6.45) is 1.24. The monoisotopic (exact) mass is 277 g/mol. The number of sulfonamides is 1. The number of aromatic nitrogens is 1. The quantitative estimate of drug-likeness (QED) is 0.899. The van der Waals surface area contributed by atoms with Crippen molar-refractivity contribution < 1.29 is 8.42 Å². The Balaban J connectivity index is 2.36. The van der Waals surface area contributed by atoms with Crippen LogP contribution >= 0.6 is 0 Å². The van der Waals surface area contributed by atoms with E-state index in [1.165, 1.54) is 18.3 Å². The van der Waals surface area contributed by atoms with Crippen LogP contribution in [0.1, 0.15) is 11.1 Å². The van der Waals surface area contributed by atoms with E-state index >= 15 is 0 Å². The van der Waals surface area contributed by atoms with Gasteiger partial charge in [0.1, 0.15) is 10.7 Å². The number of nitrogens with one attached hydrogen (secondary N) is 1. The third-order valence-electron chi connectivity index (χ3n) is 2.92. The van der Waals surface area contributed by atoms with E-state index in [2.05, 4.69) is 9.71 Å². The first-order valence-corrected chi connectivity index (χ1v) is 7.19. The van der Waals surface area contributed by atoms with Gasteiger partial charge in [-0.2, -0.15) is 0 Å². The highest BCUT2D eigenvalue weighted by Crippen LogP contribution is 2.21. The molecule has 0 bridgehead atoms. The smallest absolute Gasteiger partial charge is 0.263 e. The Morgan fingerprint density at radius 1 is 1.16 bits per heavy atom. The Bertz CT molecular complexity index is 694. The highest BCUT2D eigenvalue weighted by atomic mass is 32.2. The van der Waals surface area contributed by atoms with Crippen LogP contribution in [0.25, 0.3) is 0 Å². The van der Waals surface area contributed by atoms with Gasteiger partial charge in [-0.15, -0.1) is 0 Å². The van der Waals surface area contributed by atoms with Gasteiger partial charge in [-0.3, -0.25) is 4.72 Å². The summed E-state index contributed by atoms with van der Waals surface area (Å²) in [5.41, 5.74) is 7.93. The summed E-state index contributed by atoms with van der Waals surface area (Å²) in [5, 5.41) is 0. The van der Waals surface area contributed by atoms with Crippen molar-refractivity contribution in [3.63, 3.8) is 0 Å². The summed E-state index contributed by atoms with van der Waals surface area (Å²) in [6, 6.07) is 8.34. The van der Waals surface area contributed by atoms with Gasteiger partial charge >= 0.3 is 0 Å². The molecule has 0 aliphatic carbocycles. The van der Waals surface area contributed by atoms with Crippen molar-refractivity contribution in [2.75, 3.05) is 10.5 Å². The summed E-state index contributed by atoms with van der Waals surface area (Å²) < 4.78 is 26.9. The summed E-state index contributed by atoms with van der Waals surface area (Å²) in [4.78, 5) is 3.87. The maximum absolute atomic E-state index is 12.2. The van der Waals surface area contributed by atoms with Crippen LogP contribution in [0.5, 0.6) is 0 Å². The summed E-state index contributed by atoms with van der Waals surface area (Å²) in [5.74, 6) is 0.283. The summed E-state index contributed by atoms with van der Waals surface area (Å²) in [6.45, 7) is 3.80. The molecule has 5 nitrogen and oxygen atoms in total. The lowest BCUT2D eigenvalue weighted by atomic mass is 10.1. The number of aryl methyl sites for hydroxylation is 1. The predicted molar refractivity (Wildman–Crippen MR) is 75.4 cm³/mol. The van der Waals surface area contributed by atoms with E-state index in [1.54, 1.807) is 12.1 Å². The first-order valence-electron chi connectivity index (χ1n) is 5.71. The number of anilines is 2. The minimum absolute atomic E-state index is 0.0857. The summed E-state index contributed by atoms with van der Waals surface area (Å²) in [7, 11) is -3.64. The SMILES string of the molecule is Cc1cccc(NS(=O)(=O)c2ccc(N)nc2)c1C.